The van der Waals surface area contributed by atoms with Gasteiger partial charge < -0.3 is 20.4 Å². The van der Waals surface area contributed by atoms with E-state index >= 15 is 0 Å². The summed E-state index contributed by atoms with van der Waals surface area (Å²) in [7, 11) is 0. The Balaban J connectivity index is 2.51. The number of aromatic hydroxyl groups is 4. The van der Waals surface area contributed by atoms with Crippen molar-refractivity contribution in [3.63, 3.8) is 0 Å². The van der Waals surface area contributed by atoms with Gasteiger partial charge in [0.25, 0.3) is 0 Å². The quantitative estimate of drug-likeness (QED) is 0.246. The van der Waals surface area contributed by atoms with Crippen molar-refractivity contribution in [2.24, 2.45) is 0 Å². The Morgan fingerprint density at radius 1 is 0.321 bits per heavy atom. The molecule has 4 nitrogen and oxygen atoms in total. The highest BCUT2D eigenvalue weighted by atomic mass is 16.3. The van der Waals surface area contributed by atoms with Crippen molar-refractivity contribution in [2.75, 3.05) is 0 Å². The number of hydrogen-bond acceptors (Lipinski definition) is 4. The summed E-state index contributed by atoms with van der Waals surface area (Å²) in [4.78, 5) is 0. The van der Waals surface area contributed by atoms with E-state index in [1.165, 1.54) is 0 Å². The number of phenols is 4. The van der Waals surface area contributed by atoms with Crippen LogP contribution in [0.1, 0.15) is 0 Å². The van der Waals surface area contributed by atoms with E-state index < -0.39 is 23.0 Å². The normalized spacial score (nSPS) is 11.4. The molecule has 5 rings (SSSR count). The van der Waals surface area contributed by atoms with Crippen LogP contribution in [0.5, 0.6) is 23.0 Å². The summed E-state index contributed by atoms with van der Waals surface area (Å²) in [5, 5.41) is 47.5. The van der Waals surface area contributed by atoms with Crippen LogP contribution < -0.4 is 0 Å². The number of hydrogen-bond donors (Lipinski definition) is 4. The van der Waals surface area contributed by atoms with Crippen molar-refractivity contribution in [3.05, 3.63) is 115 Å². The largest absolute Gasteiger partial charge is 0.504 e. The molecular weight excluding hydrogens is 352 g/mol. The molecule has 4 aromatic carbocycles. The van der Waals surface area contributed by atoms with Gasteiger partial charge in [-0.1, -0.05) is 72.8 Å². The second-order valence-corrected chi connectivity index (χ2v) is 6.78. The third kappa shape index (κ3) is 2.06. The summed E-state index contributed by atoms with van der Waals surface area (Å²) in [5.74, 6) is -2.41. The van der Waals surface area contributed by atoms with Gasteiger partial charge in [-0.25, -0.2) is 0 Å². The number of fused-ring (bicyclic) bond motifs is 4. The number of phenolic OH excluding ortho intramolecular Hbond substituents is 4. The van der Waals surface area contributed by atoms with Gasteiger partial charge in [-0.2, -0.15) is 0 Å². The molecule has 28 heavy (non-hydrogen) atoms. The molecule has 0 fully saturated rings. The van der Waals surface area contributed by atoms with Crippen molar-refractivity contribution < 1.29 is 20.4 Å². The zero-order chi connectivity index (χ0) is 19.4. The zero-order valence-corrected chi connectivity index (χ0v) is 14.7. The predicted octanol–water partition coefficient (Wildman–Crippen LogP) is 3.97. The fraction of sp³-hybridized carbons (Fsp3) is 0. The van der Waals surface area contributed by atoms with Crippen LogP contribution in [-0.2, 0) is 0 Å². The lowest BCUT2D eigenvalue weighted by atomic mass is 10.0. The van der Waals surface area contributed by atoms with E-state index in [4.69, 9.17) is 0 Å². The smallest absolute Gasteiger partial charge is 0.204 e. The molecule has 136 valence electrons. The zero-order valence-electron chi connectivity index (χ0n) is 14.7. The molecule has 0 bridgehead atoms. The van der Waals surface area contributed by atoms with Crippen LogP contribution in [0.15, 0.2) is 72.8 Å². The van der Waals surface area contributed by atoms with Crippen molar-refractivity contribution in [1.29, 1.82) is 0 Å². The highest BCUT2D eigenvalue weighted by molar-refractivity contribution is 5.59. The molecule has 0 saturated heterocycles. The van der Waals surface area contributed by atoms with E-state index in [9.17, 15) is 20.4 Å². The summed E-state index contributed by atoms with van der Waals surface area (Å²) in [6.07, 6.45) is 0. The summed E-state index contributed by atoms with van der Waals surface area (Å²) in [6.45, 7) is 0. The first kappa shape index (κ1) is 16.3. The third-order valence-electron chi connectivity index (χ3n) is 5.30. The number of rotatable bonds is 0. The molecule has 0 spiro atoms. The molecule has 0 amide bonds. The van der Waals surface area contributed by atoms with Crippen molar-refractivity contribution in [2.45, 2.75) is 0 Å². The Labute approximate surface area is 158 Å². The van der Waals surface area contributed by atoms with Gasteiger partial charge in [0.15, 0.2) is 11.5 Å². The molecule has 0 atom stereocenters. The second-order valence-electron chi connectivity index (χ2n) is 6.78. The molecule has 0 aliphatic heterocycles. The van der Waals surface area contributed by atoms with Gasteiger partial charge in [0, 0.05) is 10.4 Å². The first-order valence-corrected chi connectivity index (χ1v) is 8.88. The Morgan fingerprint density at radius 3 is 0.893 bits per heavy atom. The monoisotopic (exact) mass is 368 g/mol. The average Bonchev–Trinajstić information content (AvgIpc) is 2.74. The molecule has 0 heterocycles. The van der Waals surface area contributed by atoms with Crippen molar-refractivity contribution in [3.8, 4) is 23.0 Å². The maximum absolute atomic E-state index is 10.8. The van der Waals surface area contributed by atoms with Crippen molar-refractivity contribution in [1.82, 2.24) is 0 Å². The van der Waals surface area contributed by atoms with Crippen LogP contribution in [0.3, 0.4) is 0 Å². The standard InChI is InChI=1S/C24H16O4/c25-21-19-17-11-5-3-9-15(17)13-7-1-2-8-14(13)16-10-4-6-12-18(16)20(19)22(26)24(28)23(21)27/h1-12,25-28H. The van der Waals surface area contributed by atoms with Crippen LogP contribution in [0, 0.1) is 41.7 Å². The SMILES string of the molecule is Oc1c(O)c(O)c2c(c1O)=c1ccccc1=c1ccccc1=c1ccccc1=2. The van der Waals surface area contributed by atoms with Gasteiger partial charge in [0.1, 0.15) is 0 Å². The van der Waals surface area contributed by atoms with Crippen LogP contribution >= 0.6 is 0 Å². The minimum atomic E-state index is -0.739. The molecule has 1 aliphatic carbocycles. The van der Waals surface area contributed by atoms with Crippen LogP contribution in [0.2, 0.25) is 0 Å². The Bertz CT molecular complexity index is 1530. The molecule has 4 heteroatoms. The molecule has 0 radical (unpaired) electrons. The van der Waals surface area contributed by atoms with Crippen LogP contribution in [0.4, 0.5) is 0 Å². The molecule has 4 aromatic rings. The Hall–Kier alpha value is -3.92. The minimum absolute atomic E-state index is 0.283. The lowest BCUT2D eigenvalue weighted by Gasteiger charge is -2.09. The lowest BCUT2D eigenvalue weighted by Crippen LogP contribution is -1.91. The first-order chi connectivity index (χ1) is 13.6. The lowest BCUT2D eigenvalue weighted by molar-refractivity contribution is 0.342. The van der Waals surface area contributed by atoms with E-state index in [1.54, 1.807) is 0 Å². The summed E-state index contributed by atoms with van der Waals surface area (Å²) < 4.78 is 0. The molecule has 1 aliphatic rings. The summed E-state index contributed by atoms with van der Waals surface area (Å²) in [5.41, 5.74) is 0. The van der Waals surface area contributed by atoms with Gasteiger partial charge >= 0.3 is 0 Å². The van der Waals surface area contributed by atoms with Crippen LogP contribution in [0.25, 0.3) is 0 Å². The summed E-state index contributed by atoms with van der Waals surface area (Å²) in [6, 6.07) is 22.9. The van der Waals surface area contributed by atoms with E-state index in [0.29, 0.717) is 10.4 Å². The molecule has 0 unspecified atom stereocenters. The maximum Gasteiger partial charge on any atom is 0.204 e. The van der Waals surface area contributed by atoms with Gasteiger partial charge in [-0.15, -0.1) is 0 Å². The first-order valence-electron chi connectivity index (χ1n) is 8.88. The Kier molecular flexibility index (Phi) is 3.36. The third-order valence-corrected chi connectivity index (χ3v) is 5.30. The highest BCUT2D eigenvalue weighted by Crippen LogP contribution is 2.43. The van der Waals surface area contributed by atoms with Gasteiger partial charge in [0.05, 0.1) is 0 Å². The van der Waals surface area contributed by atoms with Crippen molar-refractivity contribution >= 4 is 0 Å². The van der Waals surface area contributed by atoms with E-state index in [0.717, 1.165) is 20.9 Å². The Morgan fingerprint density at radius 2 is 0.571 bits per heavy atom. The molecule has 0 aromatic heterocycles. The van der Waals surface area contributed by atoms with Crippen LogP contribution in [-0.4, -0.2) is 20.4 Å². The fourth-order valence-electron chi connectivity index (χ4n) is 4.05. The minimum Gasteiger partial charge on any atom is -0.504 e. The molecule has 0 saturated carbocycles. The average molecular weight is 368 g/mol. The fourth-order valence-corrected chi connectivity index (χ4v) is 4.05. The molecule has 4 N–H and O–H groups in total. The van der Waals surface area contributed by atoms with Gasteiger partial charge in [-0.3, -0.25) is 0 Å². The molecular formula is C24H16O4. The summed E-state index contributed by atoms with van der Waals surface area (Å²) >= 11 is 0. The maximum atomic E-state index is 10.8. The highest BCUT2D eigenvalue weighted by Gasteiger charge is 2.17. The number of benzene rings is 4. The van der Waals surface area contributed by atoms with E-state index in [-0.39, 0.29) is 10.4 Å². The van der Waals surface area contributed by atoms with E-state index in [2.05, 4.69) is 0 Å². The van der Waals surface area contributed by atoms with Gasteiger partial charge in [-0.05, 0) is 31.3 Å². The predicted molar refractivity (Wildman–Crippen MR) is 103 cm³/mol. The van der Waals surface area contributed by atoms with Gasteiger partial charge in [0.2, 0.25) is 11.5 Å². The topological polar surface area (TPSA) is 80.9 Å². The van der Waals surface area contributed by atoms with E-state index in [1.807, 2.05) is 72.8 Å². The second kappa shape index (κ2) is 5.79.